The smallest absolute Gasteiger partial charge is 0.227 e. The molecule has 3 rings (SSSR count). The molecule has 0 spiro atoms. The van der Waals surface area contributed by atoms with Crippen molar-refractivity contribution in [2.24, 2.45) is 5.92 Å². The van der Waals surface area contributed by atoms with Gasteiger partial charge >= 0.3 is 0 Å². The van der Waals surface area contributed by atoms with E-state index < -0.39 is 0 Å². The molecule has 0 atom stereocenters. The Balaban J connectivity index is 1.74. The van der Waals surface area contributed by atoms with E-state index in [1.807, 2.05) is 0 Å². The molecule has 2 heterocycles. The van der Waals surface area contributed by atoms with Crippen LogP contribution < -0.4 is 20.5 Å². The van der Waals surface area contributed by atoms with Gasteiger partial charge in [-0.25, -0.2) is 0 Å². The summed E-state index contributed by atoms with van der Waals surface area (Å²) in [5.41, 5.74) is 7.00. The molecule has 0 aromatic heterocycles. The van der Waals surface area contributed by atoms with Crippen LogP contribution >= 0.6 is 0 Å². The molecule has 0 aliphatic carbocycles. The molecule has 0 bridgehead atoms. The van der Waals surface area contributed by atoms with Crippen LogP contribution in [0.15, 0.2) is 12.1 Å². The summed E-state index contributed by atoms with van der Waals surface area (Å²) >= 11 is 0. The van der Waals surface area contributed by atoms with Crippen molar-refractivity contribution in [3.63, 3.8) is 0 Å². The monoisotopic (exact) mass is 278 g/mol. The average molecular weight is 278 g/mol. The molecule has 0 radical (unpaired) electrons. The molecule has 6 nitrogen and oxygen atoms in total. The van der Waals surface area contributed by atoms with Gasteiger partial charge in [0.05, 0.1) is 11.4 Å². The van der Waals surface area contributed by atoms with Crippen LogP contribution in [0.3, 0.4) is 0 Å². The van der Waals surface area contributed by atoms with Gasteiger partial charge in [0.2, 0.25) is 5.91 Å². The van der Waals surface area contributed by atoms with Crippen molar-refractivity contribution in [2.75, 3.05) is 37.5 Å². The lowest BCUT2D eigenvalue weighted by molar-refractivity contribution is -0.122. The van der Waals surface area contributed by atoms with Gasteiger partial charge < -0.3 is 25.3 Å². The van der Waals surface area contributed by atoms with Gasteiger partial charge in [-0.2, -0.15) is 0 Å². The minimum Gasteiger partial charge on any atom is -0.486 e. The van der Waals surface area contributed by atoms with Crippen LogP contribution in [0.5, 0.6) is 11.5 Å². The van der Waals surface area contributed by atoms with Gasteiger partial charge in [0.25, 0.3) is 0 Å². The zero-order valence-corrected chi connectivity index (χ0v) is 11.2. The van der Waals surface area contributed by atoms with Crippen LogP contribution in [0.4, 0.5) is 11.4 Å². The molecule has 2 aliphatic heterocycles. The molecule has 1 fully saturated rings. The summed E-state index contributed by atoms with van der Waals surface area (Å²) < 4.78 is 16.2. The van der Waals surface area contributed by atoms with Gasteiger partial charge in [0.15, 0.2) is 11.5 Å². The zero-order chi connectivity index (χ0) is 13.9. The maximum Gasteiger partial charge on any atom is 0.227 e. The second-order valence-electron chi connectivity index (χ2n) is 4.96. The van der Waals surface area contributed by atoms with Crippen molar-refractivity contribution in [3.8, 4) is 11.5 Å². The first-order chi connectivity index (χ1) is 9.74. The Labute approximate surface area is 117 Å². The maximum absolute atomic E-state index is 12.2. The predicted molar refractivity (Wildman–Crippen MR) is 74.0 cm³/mol. The first-order valence-corrected chi connectivity index (χ1v) is 6.82. The Morgan fingerprint density at radius 1 is 1.10 bits per heavy atom. The fraction of sp³-hybridized carbons (Fsp3) is 0.500. The van der Waals surface area contributed by atoms with E-state index >= 15 is 0 Å². The van der Waals surface area contributed by atoms with Crippen molar-refractivity contribution in [1.29, 1.82) is 0 Å². The summed E-state index contributed by atoms with van der Waals surface area (Å²) in [5.74, 6) is 1.21. The fourth-order valence-electron chi connectivity index (χ4n) is 2.41. The summed E-state index contributed by atoms with van der Waals surface area (Å²) in [4.78, 5) is 12.2. The summed E-state index contributed by atoms with van der Waals surface area (Å²) in [6, 6.07) is 3.41. The number of hydrogen-bond donors (Lipinski definition) is 2. The standard InChI is InChI=1S/C14H18N2O4/c15-10-7-12-13(20-6-5-19-12)8-11(10)16-14(17)9-1-3-18-4-2-9/h7-9H,1-6,15H2,(H,16,17). The SMILES string of the molecule is Nc1cc2c(cc1NC(=O)C1CCOCC1)OCCO2. The van der Waals surface area contributed by atoms with Gasteiger partial charge in [0.1, 0.15) is 13.2 Å². The van der Waals surface area contributed by atoms with Crippen LogP contribution in [-0.2, 0) is 9.53 Å². The number of nitrogens with two attached hydrogens (primary N) is 1. The molecule has 108 valence electrons. The number of carbonyl (C=O) groups excluding carboxylic acids is 1. The molecular formula is C14H18N2O4. The highest BCUT2D eigenvalue weighted by Gasteiger charge is 2.23. The van der Waals surface area contributed by atoms with Crippen LogP contribution in [0.2, 0.25) is 0 Å². The topological polar surface area (TPSA) is 82.8 Å². The number of anilines is 2. The molecule has 0 unspecified atom stereocenters. The minimum absolute atomic E-state index is 0.0170. The van der Waals surface area contributed by atoms with E-state index in [2.05, 4.69) is 5.32 Å². The Morgan fingerprint density at radius 3 is 2.45 bits per heavy atom. The number of nitrogens with one attached hydrogen (secondary N) is 1. The first-order valence-electron chi connectivity index (χ1n) is 6.82. The van der Waals surface area contributed by atoms with Crippen molar-refractivity contribution < 1.29 is 19.0 Å². The van der Waals surface area contributed by atoms with Gasteiger partial charge in [-0.15, -0.1) is 0 Å². The van der Waals surface area contributed by atoms with E-state index in [1.165, 1.54) is 0 Å². The summed E-state index contributed by atoms with van der Waals surface area (Å²) in [7, 11) is 0. The van der Waals surface area contributed by atoms with Crippen LogP contribution in [0.25, 0.3) is 0 Å². The van der Waals surface area contributed by atoms with Crippen molar-refractivity contribution in [1.82, 2.24) is 0 Å². The molecule has 1 aromatic carbocycles. The third-order valence-electron chi connectivity index (χ3n) is 3.56. The largest absolute Gasteiger partial charge is 0.486 e. The van der Waals surface area contributed by atoms with E-state index in [9.17, 15) is 4.79 Å². The molecule has 6 heteroatoms. The highest BCUT2D eigenvalue weighted by atomic mass is 16.6. The Morgan fingerprint density at radius 2 is 1.75 bits per heavy atom. The molecule has 1 saturated heterocycles. The summed E-state index contributed by atoms with van der Waals surface area (Å²) in [5, 5.41) is 2.87. The Bertz CT molecular complexity index is 512. The summed E-state index contributed by atoms with van der Waals surface area (Å²) in [6.45, 7) is 2.29. The zero-order valence-electron chi connectivity index (χ0n) is 11.2. The second kappa shape index (κ2) is 5.58. The fourth-order valence-corrected chi connectivity index (χ4v) is 2.41. The number of nitrogen functional groups attached to an aromatic ring is 1. The molecule has 2 aliphatic rings. The molecule has 0 saturated carbocycles. The molecular weight excluding hydrogens is 260 g/mol. The van der Waals surface area contributed by atoms with Crippen LogP contribution in [0, 0.1) is 5.92 Å². The Kier molecular flexibility index (Phi) is 3.64. The number of carbonyl (C=O) groups is 1. The number of rotatable bonds is 2. The van der Waals surface area contributed by atoms with Gasteiger partial charge in [0, 0.05) is 31.3 Å². The van der Waals surface area contributed by atoms with Gasteiger partial charge in [-0.05, 0) is 12.8 Å². The highest BCUT2D eigenvalue weighted by Crippen LogP contribution is 2.37. The highest BCUT2D eigenvalue weighted by molar-refractivity contribution is 5.96. The average Bonchev–Trinajstić information content (AvgIpc) is 2.49. The van der Waals surface area contributed by atoms with Crippen molar-refractivity contribution in [2.45, 2.75) is 12.8 Å². The molecule has 20 heavy (non-hydrogen) atoms. The quantitative estimate of drug-likeness (QED) is 0.799. The van der Waals surface area contributed by atoms with E-state index in [0.29, 0.717) is 49.3 Å². The molecule has 1 aromatic rings. The maximum atomic E-state index is 12.2. The predicted octanol–water partition coefficient (Wildman–Crippen LogP) is 1.41. The molecule has 3 N–H and O–H groups in total. The van der Waals surface area contributed by atoms with Gasteiger partial charge in [-0.3, -0.25) is 4.79 Å². The lowest BCUT2D eigenvalue weighted by atomic mass is 9.99. The summed E-state index contributed by atoms with van der Waals surface area (Å²) in [6.07, 6.45) is 1.49. The number of benzene rings is 1. The minimum atomic E-state index is -0.0173. The third kappa shape index (κ3) is 2.65. The van der Waals surface area contributed by atoms with Crippen molar-refractivity contribution >= 4 is 17.3 Å². The van der Waals surface area contributed by atoms with Gasteiger partial charge in [-0.1, -0.05) is 0 Å². The number of fused-ring (bicyclic) bond motifs is 1. The van der Waals surface area contributed by atoms with E-state index in [0.717, 1.165) is 12.8 Å². The van der Waals surface area contributed by atoms with Crippen molar-refractivity contribution in [3.05, 3.63) is 12.1 Å². The second-order valence-corrected chi connectivity index (χ2v) is 4.96. The number of amides is 1. The van der Waals surface area contributed by atoms with E-state index in [-0.39, 0.29) is 11.8 Å². The lowest BCUT2D eigenvalue weighted by Crippen LogP contribution is -2.29. The van der Waals surface area contributed by atoms with E-state index in [4.69, 9.17) is 19.9 Å². The molecule has 1 amide bonds. The third-order valence-corrected chi connectivity index (χ3v) is 3.56. The van der Waals surface area contributed by atoms with Crippen LogP contribution in [0.1, 0.15) is 12.8 Å². The number of ether oxygens (including phenoxy) is 3. The lowest BCUT2D eigenvalue weighted by Gasteiger charge is -2.23. The normalized spacial score (nSPS) is 18.6. The van der Waals surface area contributed by atoms with Crippen LogP contribution in [-0.4, -0.2) is 32.3 Å². The first kappa shape index (κ1) is 13.1. The Hall–Kier alpha value is -1.95. The number of hydrogen-bond acceptors (Lipinski definition) is 5. The van der Waals surface area contributed by atoms with E-state index in [1.54, 1.807) is 12.1 Å².